The third-order valence-electron chi connectivity index (χ3n) is 2.50. The molecule has 0 spiro atoms. The molecule has 1 rings (SSSR count). The highest BCUT2D eigenvalue weighted by atomic mass is 16.5. The van der Waals surface area contributed by atoms with Crippen LogP contribution >= 0.6 is 0 Å². The number of benzene rings is 1. The van der Waals surface area contributed by atoms with Gasteiger partial charge in [0, 0.05) is 12.1 Å². The number of rotatable bonds is 5. The molecule has 0 saturated heterocycles. The van der Waals surface area contributed by atoms with Crippen LogP contribution in [-0.2, 0) is 4.79 Å². The van der Waals surface area contributed by atoms with E-state index in [4.69, 9.17) is 10.5 Å². The summed E-state index contributed by atoms with van der Waals surface area (Å²) in [4.78, 5) is 11.7. The van der Waals surface area contributed by atoms with Gasteiger partial charge in [-0.15, -0.1) is 0 Å². The normalized spacial score (nSPS) is 14.1. The number of nitrogens with one attached hydrogen (secondary N) is 1. The van der Waals surface area contributed by atoms with Gasteiger partial charge in [0.2, 0.25) is 0 Å². The molecule has 3 N–H and O–H groups in total. The predicted octanol–water partition coefficient (Wildman–Crippen LogP) is 2.00. The first kappa shape index (κ1) is 14.5. The average molecular weight is 250 g/mol. The van der Waals surface area contributed by atoms with E-state index in [-0.39, 0.29) is 18.0 Å². The summed E-state index contributed by atoms with van der Waals surface area (Å²) in [6.07, 6.45) is -0.518. The average Bonchev–Trinajstić information content (AvgIpc) is 2.28. The molecule has 4 heteroatoms. The van der Waals surface area contributed by atoms with Crippen molar-refractivity contribution in [3.05, 3.63) is 29.8 Å². The van der Waals surface area contributed by atoms with Gasteiger partial charge in [-0.25, -0.2) is 0 Å². The highest BCUT2D eigenvalue weighted by Crippen LogP contribution is 2.18. The van der Waals surface area contributed by atoms with E-state index >= 15 is 0 Å². The highest BCUT2D eigenvalue weighted by molar-refractivity contribution is 5.80. The molecule has 0 aliphatic heterocycles. The van der Waals surface area contributed by atoms with Crippen molar-refractivity contribution in [2.45, 2.75) is 45.9 Å². The van der Waals surface area contributed by atoms with Gasteiger partial charge in [0.15, 0.2) is 6.10 Å². The van der Waals surface area contributed by atoms with Gasteiger partial charge < -0.3 is 15.8 Å². The van der Waals surface area contributed by atoms with Crippen LogP contribution in [0.15, 0.2) is 24.3 Å². The van der Waals surface area contributed by atoms with Crippen LogP contribution < -0.4 is 15.8 Å². The molecule has 18 heavy (non-hydrogen) atoms. The molecule has 2 atom stereocenters. The summed E-state index contributed by atoms with van der Waals surface area (Å²) in [5, 5.41) is 2.81. The van der Waals surface area contributed by atoms with Gasteiger partial charge in [0.1, 0.15) is 5.75 Å². The first-order valence-corrected chi connectivity index (χ1v) is 6.22. The largest absolute Gasteiger partial charge is 0.481 e. The Kier molecular flexibility index (Phi) is 5.16. The van der Waals surface area contributed by atoms with E-state index in [0.717, 1.165) is 5.56 Å². The number of carbonyl (C=O) groups excluding carboxylic acids is 1. The third kappa shape index (κ3) is 4.37. The zero-order chi connectivity index (χ0) is 13.7. The lowest BCUT2D eigenvalue weighted by molar-refractivity contribution is -0.127. The standard InChI is InChI=1S/C14H22N2O2/c1-9(2)16-14(17)11(4)18-13-7-5-6-12(8-13)10(3)15/h5-11H,15H2,1-4H3,(H,16,17)/t10-,11?/m0/s1. The van der Waals surface area contributed by atoms with E-state index in [1.807, 2.05) is 45.0 Å². The van der Waals surface area contributed by atoms with E-state index in [1.54, 1.807) is 6.92 Å². The number of hydrogen-bond acceptors (Lipinski definition) is 3. The maximum atomic E-state index is 11.7. The Balaban J connectivity index is 2.66. The van der Waals surface area contributed by atoms with Crippen molar-refractivity contribution >= 4 is 5.91 Å². The maximum absolute atomic E-state index is 11.7. The fourth-order valence-electron chi connectivity index (χ4n) is 1.53. The second-order valence-electron chi connectivity index (χ2n) is 4.78. The summed E-state index contributed by atoms with van der Waals surface area (Å²) >= 11 is 0. The zero-order valence-corrected chi connectivity index (χ0v) is 11.4. The minimum atomic E-state index is -0.518. The van der Waals surface area contributed by atoms with Crippen molar-refractivity contribution in [3.8, 4) is 5.75 Å². The third-order valence-corrected chi connectivity index (χ3v) is 2.50. The van der Waals surface area contributed by atoms with Crippen LogP contribution in [0.5, 0.6) is 5.75 Å². The molecule has 1 amide bonds. The van der Waals surface area contributed by atoms with Crippen LogP contribution in [0, 0.1) is 0 Å². The minimum absolute atomic E-state index is 0.0478. The van der Waals surface area contributed by atoms with Crippen LogP contribution in [0.25, 0.3) is 0 Å². The summed E-state index contributed by atoms with van der Waals surface area (Å²) < 4.78 is 5.60. The van der Waals surface area contributed by atoms with Gasteiger partial charge in [-0.3, -0.25) is 4.79 Å². The second kappa shape index (κ2) is 6.40. The Morgan fingerprint density at radius 3 is 2.50 bits per heavy atom. The lowest BCUT2D eigenvalue weighted by Crippen LogP contribution is -2.40. The van der Waals surface area contributed by atoms with E-state index in [1.165, 1.54) is 0 Å². The molecule has 1 aromatic carbocycles. The summed E-state index contributed by atoms with van der Waals surface area (Å²) in [5.74, 6) is 0.549. The van der Waals surface area contributed by atoms with Crippen LogP contribution in [-0.4, -0.2) is 18.1 Å². The summed E-state index contributed by atoms with van der Waals surface area (Å²) in [6.45, 7) is 7.48. The molecular weight excluding hydrogens is 228 g/mol. The van der Waals surface area contributed by atoms with Gasteiger partial charge in [-0.1, -0.05) is 12.1 Å². The summed E-state index contributed by atoms with van der Waals surface area (Å²) in [7, 11) is 0. The second-order valence-corrected chi connectivity index (χ2v) is 4.78. The number of nitrogens with two attached hydrogens (primary N) is 1. The van der Waals surface area contributed by atoms with Crippen LogP contribution in [0.4, 0.5) is 0 Å². The summed E-state index contributed by atoms with van der Waals surface area (Å²) in [6, 6.07) is 7.57. The van der Waals surface area contributed by atoms with Gasteiger partial charge in [0.25, 0.3) is 5.91 Å². The number of carbonyl (C=O) groups is 1. The molecule has 0 fully saturated rings. The fraction of sp³-hybridized carbons (Fsp3) is 0.500. The molecule has 1 aromatic rings. The van der Waals surface area contributed by atoms with Crippen molar-refractivity contribution in [2.75, 3.05) is 0 Å². The molecule has 0 heterocycles. The molecule has 1 unspecified atom stereocenters. The molecule has 0 aliphatic rings. The highest BCUT2D eigenvalue weighted by Gasteiger charge is 2.15. The first-order chi connectivity index (χ1) is 8.40. The van der Waals surface area contributed by atoms with Gasteiger partial charge in [-0.2, -0.15) is 0 Å². The first-order valence-electron chi connectivity index (χ1n) is 6.22. The molecule has 0 radical (unpaired) electrons. The Hall–Kier alpha value is -1.55. The molecule has 4 nitrogen and oxygen atoms in total. The van der Waals surface area contributed by atoms with Gasteiger partial charge in [0.05, 0.1) is 0 Å². The predicted molar refractivity (Wildman–Crippen MR) is 72.4 cm³/mol. The van der Waals surface area contributed by atoms with E-state index in [2.05, 4.69) is 5.32 Å². The lowest BCUT2D eigenvalue weighted by atomic mass is 10.1. The van der Waals surface area contributed by atoms with E-state index < -0.39 is 6.10 Å². The number of amides is 1. The van der Waals surface area contributed by atoms with Crippen LogP contribution in [0.3, 0.4) is 0 Å². The summed E-state index contributed by atoms with van der Waals surface area (Å²) in [5.41, 5.74) is 6.79. The molecule has 100 valence electrons. The van der Waals surface area contributed by atoms with E-state index in [0.29, 0.717) is 5.75 Å². The van der Waals surface area contributed by atoms with Crippen molar-refractivity contribution in [2.24, 2.45) is 5.73 Å². The van der Waals surface area contributed by atoms with Gasteiger partial charge in [-0.05, 0) is 45.4 Å². The topological polar surface area (TPSA) is 64.3 Å². The molecule has 0 bridgehead atoms. The SMILES string of the molecule is CC(C)NC(=O)C(C)Oc1cccc([C@H](C)N)c1. The Bertz CT molecular complexity index is 403. The van der Waals surface area contributed by atoms with Crippen LogP contribution in [0.2, 0.25) is 0 Å². The lowest BCUT2D eigenvalue weighted by Gasteiger charge is -2.17. The van der Waals surface area contributed by atoms with Gasteiger partial charge >= 0.3 is 0 Å². The fourth-order valence-corrected chi connectivity index (χ4v) is 1.53. The van der Waals surface area contributed by atoms with Crippen LogP contribution in [0.1, 0.15) is 39.3 Å². The van der Waals surface area contributed by atoms with Crippen molar-refractivity contribution < 1.29 is 9.53 Å². The van der Waals surface area contributed by atoms with E-state index in [9.17, 15) is 4.79 Å². The number of hydrogen-bond donors (Lipinski definition) is 2. The van der Waals surface area contributed by atoms with Crippen molar-refractivity contribution in [1.82, 2.24) is 5.32 Å². The number of ether oxygens (including phenoxy) is 1. The molecular formula is C14H22N2O2. The Morgan fingerprint density at radius 1 is 1.28 bits per heavy atom. The van der Waals surface area contributed by atoms with Crippen molar-refractivity contribution in [1.29, 1.82) is 0 Å². The smallest absolute Gasteiger partial charge is 0.260 e. The monoisotopic (exact) mass is 250 g/mol. The minimum Gasteiger partial charge on any atom is -0.481 e. The Labute approximate surface area is 109 Å². The Morgan fingerprint density at radius 2 is 1.94 bits per heavy atom. The molecule has 0 aromatic heterocycles. The molecule has 0 saturated carbocycles. The molecule has 0 aliphatic carbocycles. The maximum Gasteiger partial charge on any atom is 0.260 e. The quantitative estimate of drug-likeness (QED) is 0.840. The van der Waals surface area contributed by atoms with Crippen molar-refractivity contribution in [3.63, 3.8) is 0 Å². The zero-order valence-electron chi connectivity index (χ0n) is 11.4.